The van der Waals surface area contributed by atoms with Gasteiger partial charge in [0.1, 0.15) is 6.61 Å². The van der Waals surface area contributed by atoms with Gasteiger partial charge in [-0.15, -0.1) is 0 Å². The van der Waals surface area contributed by atoms with Gasteiger partial charge in [-0.1, -0.05) is 151 Å². The maximum absolute atomic E-state index is 12.2. The van der Waals surface area contributed by atoms with Crippen molar-refractivity contribution in [3.63, 3.8) is 0 Å². The summed E-state index contributed by atoms with van der Waals surface area (Å²) in [5, 5.41) is 9.54. The molecule has 0 saturated carbocycles. The van der Waals surface area contributed by atoms with Crippen LogP contribution in [0.3, 0.4) is 0 Å². The standard InChI is InChI=1S/C43H72O5/c1-3-5-7-9-11-13-15-17-19-21-23-25-27-29-31-33-35-37-42(45)47-40-41(39-44)48-43(46)38-36-34-32-30-28-26-24-22-20-18-16-14-12-10-8-6-4-2/h5,7,11,13,17-20,23,25,29,31,41,44H,3-4,6,8-10,12,14-16,21-22,24,26-28,30,32-40H2,1-2H3/b7-5-,13-11-,19-17-,20-18-,25-23-,31-29-/t41-/m0/s1. The summed E-state index contributed by atoms with van der Waals surface area (Å²) in [7, 11) is 0. The predicted octanol–water partition coefficient (Wildman–Crippen LogP) is 12.2. The Bertz CT molecular complexity index is 895. The molecule has 274 valence electrons. The molecule has 5 heteroatoms. The van der Waals surface area contributed by atoms with E-state index >= 15 is 0 Å². The lowest BCUT2D eigenvalue weighted by Gasteiger charge is -2.15. The summed E-state index contributed by atoms with van der Waals surface area (Å²) in [4.78, 5) is 24.2. The highest BCUT2D eigenvalue weighted by atomic mass is 16.6. The first-order valence-corrected chi connectivity index (χ1v) is 19.5. The molecule has 5 nitrogen and oxygen atoms in total. The Morgan fingerprint density at radius 1 is 0.500 bits per heavy atom. The molecule has 0 aliphatic rings. The third kappa shape index (κ3) is 36.2. The maximum Gasteiger partial charge on any atom is 0.306 e. The molecule has 0 aliphatic heterocycles. The van der Waals surface area contributed by atoms with E-state index in [1.54, 1.807) is 0 Å². The van der Waals surface area contributed by atoms with Crippen molar-refractivity contribution in [1.29, 1.82) is 0 Å². The summed E-state index contributed by atoms with van der Waals surface area (Å²) in [5.74, 6) is -0.669. The van der Waals surface area contributed by atoms with Crippen molar-refractivity contribution < 1.29 is 24.2 Å². The monoisotopic (exact) mass is 669 g/mol. The highest BCUT2D eigenvalue weighted by molar-refractivity contribution is 5.70. The molecule has 0 aromatic carbocycles. The number of unbranched alkanes of at least 4 members (excludes halogenated alkanes) is 14. The zero-order chi connectivity index (χ0) is 35.0. The summed E-state index contributed by atoms with van der Waals surface area (Å²) >= 11 is 0. The molecule has 0 aliphatic carbocycles. The Morgan fingerprint density at radius 3 is 1.44 bits per heavy atom. The summed E-state index contributed by atoms with van der Waals surface area (Å²) in [6, 6.07) is 0. The third-order valence-corrected chi connectivity index (χ3v) is 7.98. The first-order valence-electron chi connectivity index (χ1n) is 19.5. The van der Waals surface area contributed by atoms with Gasteiger partial charge in [-0.05, 0) is 77.0 Å². The fourth-order valence-corrected chi connectivity index (χ4v) is 5.05. The molecular formula is C43H72O5. The van der Waals surface area contributed by atoms with Gasteiger partial charge >= 0.3 is 11.9 Å². The van der Waals surface area contributed by atoms with E-state index in [0.29, 0.717) is 19.3 Å². The van der Waals surface area contributed by atoms with Crippen molar-refractivity contribution in [2.75, 3.05) is 13.2 Å². The topological polar surface area (TPSA) is 72.8 Å². The van der Waals surface area contributed by atoms with Gasteiger partial charge in [-0.25, -0.2) is 0 Å². The summed E-state index contributed by atoms with van der Waals surface area (Å²) in [6.07, 6.45) is 51.1. The van der Waals surface area contributed by atoms with Gasteiger partial charge in [-0.3, -0.25) is 9.59 Å². The number of esters is 2. The Labute approximate surface area is 295 Å². The zero-order valence-corrected chi connectivity index (χ0v) is 31.0. The number of aliphatic hydroxyl groups excluding tert-OH is 1. The Morgan fingerprint density at radius 2 is 0.917 bits per heavy atom. The smallest absolute Gasteiger partial charge is 0.306 e. The number of allylic oxidation sites excluding steroid dienone is 12. The van der Waals surface area contributed by atoms with Crippen LogP contribution in [0.25, 0.3) is 0 Å². The van der Waals surface area contributed by atoms with Crippen LogP contribution < -0.4 is 0 Å². The molecule has 0 bridgehead atoms. The van der Waals surface area contributed by atoms with Crippen molar-refractivity contribution in [3.8, 4) is 0 Å². The molecule has 1 N–H and O–H groups in total. The molecule has 0 amide bonds. The van der Waals surface area contributed by atoms with Gasteiger partial charge in [-0.2, -0.15) is 0 Å². The lowest BCUT2D eigenvalue weighted by atomic mass is 10.1. The van der Waals surface area contributed by atoms with E-state index in [-0.39, 0.29) is 25.2 Å². The van der Waals surface area contributed by atoms with Crippen LogP contribution in [0.15, 0.2) is 72.9 Å². The molecule has 1 atom stereocenters. The van der Waals surface area contributed by atoms with Crippen molar-refractivity contribution in [2.45, 2.75) is 174 Å². The van der Waals surface area contributed by atoms with Crippen LogP contribution in [0, 0.1) is 0 Å². The van der Waals surface area contributed by atoms with E-state index in [9.17, 15) is 14.7 Å². The first kappa shape index (κ1) is 45.3. The van der Waals surface area contributed by atoms with Gasteiger partial charge in [0.15, 0.2) is 6.10 Å². The van der Waals surface area contributed by atoms with Crippen LogP contribution >= 0.6 is 0 Å². The molecule has 0 unspecified atom stereocenters. The number of hydrogen-bond donors (Lipinski definition) is 1. The molecule has 0 heterocycles. The minimum absolute atomic E-state index is 0.100. The fraction of sp³-hybridized carbons (Fsp3) is 0.674. The zero-order valence-electron chi connectivity index (χ0n) is 31.0. The average Bonchev–Trinajstić information content (AvgIpc) is 3.09. The van der Waals surface area contributed by atoms with Crippen molar-refractivity contribution >= 4 is 11.9 Å². The van der Waals surface area contributed by atoms with Crippen LogP contribution in [-0.4, -0.2) is 36.4 Å². The predicted molar refractivity (Wildman–Crippen MR) is 205 cm³/mol. The number of carbonyl (C=O) groups excluding carboxylic acids is 2. The van der Waals surface area contributed by atoms with E-state index in [0.717, 1.165) is 57.8 Å². The van der Waals surface area contributed by atoms with Gasteiger partial charge in [0.2, 0.25) is 0 Å². The molecule has 0 aromatic heterocycles. The van der Waals surface area contributed by atoms with Crippen LogP contribution in [0.4, 0.5) is 0 Å². The van der Waals surface area contributed by atoms with Crippen molar-refractivity contribution in [3.05, 3.63) is 72.9 Å². The summed E-state index contributed by atoms with van der Waals surface area (Å²) in [5.41, 5.74) is 0. The molecule has 0 fully saturated rings. The lowest BCUT2D eigenvalue weighted by Crippen LogP contribution is -2.28. The van der Waals surface area contributed by atoms with Crippen molar-refractivity contribution in [2.24, 2.45) is 0 Å². The first-order chi connectivity index (χ1) is 23.6. The second-order valence-corrected chi connectivity index (χ2v) is 12.6. The minimum Gasteiger partial charge on any atom is -0.462 e. The largest absolute Gasteiger partial charge is 0.462 e. The Kier molecular flexibility index (Phi) is 36.6. The fourth-order valence-electron chi connectivity index (χ4n) is 5.05. The van der Waals surface area contributed by atoms with Crippen LogP contribution in [0.2, 0.25) is 0 Å². The Balaban J connectivity index is 3.68. The SMILES string of the molecule is CC/C=C\C/C=C\C/C=C\C/C=C\C/C=C\CCCC(=O)OC[C@H](CO)OC(=O)CCCCCCCCC/C=C\CCCCCCCC. The second kappa shape index (κ2) is 38.8. The molecular weight excluding hydrogens is 596 g/mol. The van der Waals surface area contributed by atoms with Crippen LogP contribution in [0.5, 0.6) is 0 Å². The number of hydrogen-bond acceptors (Lipinski definition) is 5. The summed E-state index contributed by atoms with van der Waals surface area (Å²) < 4.78 is 10.6. The number of rotatable bonds is 34. The highest BCUT2D eigenvalue weighted by Crippen LogP contribution is 2.12. The number of aliphatic hydroxyl groups is 1. The summed E-state index contributed by atoms with van der Waals surface area (Å²) in [6.45, 7) is 3.95. The molecule has 0 radical (unpaired) electrons. The Hall–Kier alpha value is -2.66. The molecule has 48 heavy (non-hydrogen) atoms. The molecule has 0 saturated heterocycles. The number of carbonyl (C=O) groups is 2. The second-order valence-electron chi connectivity index (χ2n) is 12.6. The maximum atomic E-state index is 12.2. The molecule has 0 spiro atoms. The average molecular weight is 669 g/mol. The normalized spacial score (nSPS) is 13.0. The van der Waals surface area contributed by atoms with Crippen LogP contribution in [0.1, 0.15) is 168 Å². The van der Waals surface area contributed by atoms with Gasteiger partial charge in [0.25, 0.3) is 0 Å². The van der Waals surface area contributed by atoms with Gasteiger partial charge in [0, 0.05) is 12.8 Å². The van der Waals surface area contributed by atoms with Gasteiger partial charge in [0.05, 0.1) is 6.61 Å². The van der Waals surface area contributed by atoms with E-state index in [1.165, 1.54) is 77.0 Å². The van der Waals surface area contributed by atoms with Crippen LogP contribution in [-0.2, 0) is 19.1 Å². The van der Waals surface area contributed by atoms with E-state index in [1.807, 2.05) is 0 Å². The number of ether oxygens (including phenoxy) is 2. The van der Waals surface area contributed by atoms with E-state index in [4.69, 9.17) is 9.47 Å². The quantitative estimate of drug-likeness (QED) is 0.0420. The highest BCUT2D eigenvalue weighted by Gasteiger charge is 2.16. The van der Waals surface area contributed by atoms with E-state index < -0.39 is 6.10 Å². The molecule has 0 aromatic rings. The van der Waals surface area contributed by atoms with Crippen molar-refractivity contribution in [1.82, 2.24) is 0 Å². The third-order valence-electron chi connectivity index (χ3n) is 7.98. The lowest BCUT2D eigenvalue weighted by molar-refractivity contribution is -0.161. The van der Waals surface area contributed by atoms with E-state index in [2.05, 4.69) is 86.8 Å². The van der Waals surface area contributed by atoms with Gasteiger partial charge < -0.3 is 14.6 Å². The molecule has 0 rings (SSSR count). The minimum atomic E-state index is -0.799.